The first-order chi connectivity index (χ1) is 7.65. The van der Waals surface area contributed by atoms with Crippen molar-refractivity contribution < 1.29 is 0 Å². The van der Waals surface area contributed by atoms with E-state index < -0.39 is 0 Å². The summed E-state index contributed by atoms with van der Waals surface area (Å²) in [4.78, 5) is 4.03. The van der Waals surface area contributed by atoms with Gasteiger partial charge in [-0.1, -0.05) is 29.3 Å². The lowest BCUT2D eigenvalue weighted by atomic mass is 10.1. The van der Waals surface area contributed by atoms with Crippen LogP contribution in [0.4, 0.5) is 5.82 Å². The van der Waals surface area contributed by atoms with Gasteiger partial charge in [0.25, 0.3) is 0 Å². The molecule has 0 spiro atoms. The van der Waals surface area contributed by atoms with Crippen molar-refractivity contribution in [2.75, 3.05) is 5.73 Å². The summed E-state index contributed by atoms with van der Waals surface area (Å²) < 4.78 is 0. The topological polar surface area (TPSA) is 38.9 Å². The summed E-state index contributed by atoms with van der Waals surface area (Å²) in [6.45, 7) is 0. The van der Waals surface area contributed by atoms with Crippen LogP contribution in [0.25, 0.3) is 0 Å². The maximum Gasteiger partial charge on any atom is 0.126 e. The van der Waals surface area contributed by atoms with Crippen LogP contribution in [0.1, 0.15) is 11.1 Å². The van der Waals surface area contributed by atoms with Gasteiger partial charge in [-0.15, -0.1) is 0 Å². The Hall–Kier alpha value is -1.25. The van der Waals surface area contributed by atoms with Crippen LogP contribution in [0.3, 0.4) is 0 Å². The van der Waals surface area contributed by atoms with Crippen molar-refractivity contribution >= 4 is 29.0 Å². The minimum atomic E-state index is 0.540. The smallest absolute Gasteiger partial charge is 0.126 e. The van der Waals surface area contributed by atoms with Crippen molar-refractivity contribution in [2.24, 2.45) is 0 Å². The Morgan fingerprint density at radius 2 is 1.81 bits per heavy atom. The predicted molar refractivity (Wildman–Crippen MR) is 67.9 cm³/mol. The monoisotopic (exact) mass is 252 g/mol. The van der Waals surface area contributed by atoms with Gasteiger partial charge < -0.3 is 5.73 Å². The molecule has 0 atom stereocenters. The summed E-state index contributed by atoms with van der Waals surface area (Å²) in [5.74, 6) is 0.540. The first kappa shape index (κ1) is 11.2. The third kappa shape index (κ3) is 2.65. The quantitative estimate of drug-likeness (QED) is 0.888. The van der Waals surface area contributed by atoms with E-state index in [-0.39, 0.29) is 0 Å². The van der Waals surface area contributed by atoms with Gasteiger partial charge in [0.2, 0.25) is 0 Å². The molecule has 1 aromatic carbocycles. The van der Waals surface area contributed by atoms with E-state index in [1.807, 2.05) is 24.3 Å². The van der Waals surface area contributed by atoms with Crippen molar-refractivity contribution in [3.63, 3.8) is 0 Å². The highest BCUT2D eigenvalue weighted by Crippen LogP contribution is 2.22. The SMILES string of the molecule is Nc1ncccc1Cc1cc(Cl)cc(Cl)c1. The van der Waals surface area contributed by atoms with Gasteiger partial charge in [-0.25, -0.2) is 4.98 Å². The molecule has 0 aliphatic rings. The van der Waals surface area contributed by atoms with Crippen molar-refractivity contribution in [1.29, 1.82) is 0 Å². The zero-order valence-electron chi connectivity index (χ0n) is 8.45. The number of hydrogen-bond donors (Lipinski definition) is 1. The lowest BCUT2D eigenvalue weighted by Gasteiger charge is -2.05. The molecule has 2 rings (SSSR count). The van der Waals surface area contributed by atoms with E-state index in [0.29, 0.717) is 22.3 Å². The summed E-state index contributed by atoms with van der Waals surface area (Å²) in [6, 6.07) is 9.26. The van der Waals surface area contributed by atoms with Gasteiger partial charge in [0.05, 0.1) is 0 Å². The van der Waals surface area contributed by atoms with Crippen LogP contribution in [0.5, 0.6) is 0 Å². The van der Waals surface area contributed by atoms with E-state index in [4.69, 9.17) is 28.9 Å². The second-order valence-corrected chi connectivity index (χ2v) is 4.38. The molecule has 2 nitrogen and oxygen atoms in total. The molecule has 2 N–H and O–H groups in total. The van der Waals surface area contributed by atoms with Crippen LogP contribution >= 0.6 is 23.2 Å². The Bertz CT molecular complexity index is 492. The third-order valence-electron chi connectivity index (χ3n) is 2.24. The zero-order valence-corrected chi connectivity index (χ0v) is 9.96. The molecule has 0 saturated heterocycles. The maximum absolute atomic E-state index is 5.92. The molecule has 1 aromatic heterocycles. The Balaban J connectivity index is 2.30. The van der Waals surface area contributed by atoms with Crippen LogP contribution < -0.4 is 5.73 Å². The third-order valence-corrected chi connectivity index (χ3v) is 2.68. The number of aromatic nitrogens is 1. The summed E-state index contributed by atoms with van der Waals surface area (Å²) in [7, 11) is 0. The standard InChI is InChI=1S/C12H10Cl2N2/c13-10-5-8(6-11(14)7-10)4-9-2-1-3-16-12(9)15/h1-3,5-7H,4H2,(H2,15,16). The minimum absolute atomic E-state index is 0.540. The molecule has 2 aromatic rings. The second-order valence-electron chi connectivity index (χ2n) is 3.50. The molecule has 1 heterocycles. The van der Waals surface area contributed by atoms with Crippen LogP contribution in [-0.4, -0.2) is 4.98 Å². The van der Waals surface area contributed by atoms with Crippen LogP contribution in [0.15, 0.2) is 36.5 Å². The Morgan fingerprint density at radius 1 is 1.12 bits per heavy atom. The zero-order chi connectivity index (χ0) is 11.5. The van der Waals surface area contributed by atoms with E-state index in [2.05, 4.69) is 4.98 Å². The maximum atomic E-state index is 5.92. The largest absolute Gasteiger partial charge is 0.383 e. The fraction of sp³-hybridized carbons (Fsp3) is 0.0833. The first-order valence-electron chi connectivity index (χ1n) is 4.79. The number of nitrogen functional groups attached to an aromatic ring is 1. The summed E-state index contributed by atoms with van der Waals surface area (Å²) >= 11 is 11.8. The Morgan fingerprint density at radius 3 is 2.44 bits per heavy atom. The highest BCUT2D eigenvalue weighted by molar-refractivity contribution is 6.34. The van der Waals surface area contributed by atoms with Gasteiger partial charge in [0.1, 0.15) is 5.82 Å². The molecule has 82 valence electrons. The highest BCUT2D eigenvalue weighted by atomic mass is 35.5. The number of anilines is 1. The van der Waals surface area contributed by atoms with E-state index >= 15 is 0 Å². The molecular weight excluding hydrogens is 243 g/mol. The van der Waals surface area contributed by atoms with Gasteiger partial charge in [-0.3, -0.25) is 0 Å². The van der Waals surface area contributed by atoms with Gasteiger partial charge in [0, 0.05) is 22.7 Å². The predicted octanol–water partition coefficient (Wildman–Crippen LogP) is 3.56. The van der Waals surface area contributed by atoms with Crippen molar-refractivity contribution in [3.05, 3.63) is 57.7 Å². The lowest BCUT2D eigenvalue weighted by Crippen LogP contribution is -1.98. The normalized spacial score (nSPS) is 10.4. The average Bonchev–Trinajstić information content (AvgIpc) is 2.20. The minimum Gasteiger partial charge on any atom is -0.383 e. The summed E-state index contributed by atoms with van der Waals surface area (Å²) in [5.41, 5.74) is 7.77. The molecule has 4 heteroatoms. The number of rotatable bonds is 2. The van der Waals surface area contributed by atoms with Gasteiger partial charge in [-0.05, 0) is 35.4 Å². The number of pyridine rings is 1. The first-order valence-corrected chi connectivity index (χ1v) is 5.55. The van der Waals surface area contributed by atoms with Gasteiger partial charge in [0.15, 0.2) is 0 Å². The highest BCUT2D eigenvalue weighted by Gasteiger charge is 2.03. The van der Waals surface area contributed by atoms with Crippen LogP contribution in [0, 0.1) is 0 Å². The van der Waals surface area contributed by atoms with Crippen LogP contribution in [0.2, 0.25) is 10.0 Å². The van der Waals surface area contributed by atoms with E-state index in [9.17, 15) is 0 Å². The number of nitrogens with two attached hydrogens (primary N) is 1. The number of benzene rings is 1. The Labute approximate surface area is 104 Å². The fourth-order valence-corrected chi connectivity index (χ4v) is 2.10. The van der Waals surface area contributed by atoms with Crippen molar-refractivity contribution in [1.82, 2.24) is 4.98 Å². The average molecular weight is 253 g/mol. The molecule has 0 fully saturated rings. The molecule has 0 unspecified atom stereocenters. The molecule has 0 saturated carbocycles. The van der Waals surface area contributed by atoms with Crippen molar-refractivity contribution in [2.45, 2.75) is 6.42 Å². The molecule has 0 aliphatic heterocycles. The Kier molecular flexibility index (Phi) is 3.32. The second kappa shape index (κ2) is 4.73. The summed E-state index contributed by atoms with van der Waals surface area (Å²) in [6.07, 6.45) is 2.35. The molecule has 16 heavy (non-hydrogen) atoms. The molecule has 0 aliphatic carbocycles. The number of nitrogens with zero attached hydrogens (tertiary/aromatic N) is 1. The molecule has 0 amide bonds. The van der Waals surface area contributed by atoms with E-state index in [0.717, 1.165) is 11.1 Å². The molecule has 0 bridgehead atoms. The fourth-order valence-electron chi connectivity index (χ4n) is 1.53. The van der Waals surface area contributed by atoms with E-state index in [1.54, 1.807) is 12.3 Å². The van der Waals surface area contributed by atoms with Crippen molar-refractivity contribution in [3.8, 4) is 0 Å². The number of halogens is 2. The molecular formula is C12H10Cl2N2. The van der Waals surface area contributed by atoms with Crippen LogP contribution in [-0.2, 0) is 6.42 Å². The number of hydrogen-bond acceptors (Lipinski definition) is 2. The van der Waals surface area contributed by atoms with E-state index in [1.165, 1.54) is 0 Å². The van der Waals surface area contributed by atoms with Gasteiger partial charge >= 0.3 is 0 Å². The molecule has 0 radical (unpaired) electrons. The summed E-state index contributed by atoms with van der Waals surface area (Å²) in [5, 5.41) is 1.26. The lowest BCUT2D eigenvalue weighted by molar-refractivity contribution is 1.15. The van der Waals surface area contributed by atoms with Gasteiger partial charge in [-0.2, -0.15) is 0 Å².